The summed E-state index contributed by atoms with van der Waals surface area (Å²) < 4.78 is 10.2. The lowest BCUT2D eigenvalue weighted by molar-refractivity contribution is -0.162. The van der Waals surface area contributed by atoms with Crippen molar-refractivity contribution in [2.75, 3.05) is 13.2 Å². The van der Waals surface area contributed by atoms with Crippen LogP contribution in [0.15, 0.2) is 30.3 Å². The molecule has 0 aliphatic heterocycles. The maximum atomic E-state index is 11.8. The number of ketones is 2. The van der Waals surface area contributed by atoms with E-state index in [9.17, 15) is 9.59 Å². The number of carbonyl (C=O) groups excluding carboxylic acids is 2. The molecule has 1 aromatic rings. The number of rotatable bonds is 7. The normalized spacial score (nSPS) is 10.5. The van der Waals surface area contributed by atoms with Crippen LogP contribution in [0.1, 0.15) is 24.2 Å². The molecule has 0 fully saturated rings. The van der Waals surface area contributed by atoms with Crippen LogP contribution in [0, 0.1) is 0 Å². The SMILES string of the molecule is CCOC(OCC)C(=O)C(=O)c1ccccc1. The molecule has 0 aliphatic rings. The van der Waals surface area contributed by atoms with Gasteiger partial charge in [0, 0.05) is 18.8 Å². The highest BCUT2D eigenvalue weighted by Crippen LogP contribution is 2.06. The van der Waals surface area contributed by atoms with Crippen LogP contribution in [0.2, 0.25) is 0 Å². The van der Waals surface area contributed by atoms with Gasteiger partial charge in [-0.3, -0.25) is 9.59 Å². The fourth-order valence-corrected chi connectivity index (χ4v) is 1.34. The number of Topliss-reactive ketones (excluding diaryl/α,β-unsaturated/α-hetero) is 2. The minimum atomic E-state index is -1.10. The Morgan fingerprint density at radius 3 is 2.06 bits per heavy atom. The van der Waals surface area contributed by atoms with E-state index in [1.54, 1.807) is 44.2 Å². The van der Waals surface area contributed by atoms with Gasteiger partial charge in [0.2, 0.25) is 12.1 Å². The summed E-state index contributed by atoms with van der Waals surface area (Å²) in [5.74, 6) is -1.25. The lowest BCUT2D eigenvalue weighted by Gasteiger charge is -2.14. The summed E-state index contributed by atoms with van der Waals surface area (Å²) in [5.41, 5.74) is 0.349. The fraction of sp³-hybridized carbons (Fsp3) is 0.385. The topological polar surface area (TPSA) is 52.6 Å². The molecule has 92 valence electrons. The first-order chi connectivity index (χ1) is 8.20. The quantitative estimate of drug-likeness (QED) is 0.412. The van der Waals surface area contributed by atoms with Crippen LogP contribution in [-0.2, 0) is 14.3 Å². The monoisotopic (exact) mass is 236 g/mol. The summed E-state index contributed by atoms with van der Waals surface area (Å²) in [6.45, 7) is 4.12. The van der Waals surface area contributed by atoms with Crippen LogP contribution >= 0.6 is 0 Å². The first kappa shape index (κ1) is 13.5. The summed E-state index contributed by atoms with van der Waals surface area (Å²) >= 11 is 0. The summed E-state index contributed by atoms with van der Waals surface area (Å²) in [7, 11) is 0. The molecule has 0 unspecified atom stereocenters. The predicted molar refractivity (Wildman–Crippen MR) is 62.8 cm³/mol. The Balaban J connectivity index is 2.77. The zero-order chi connectivity index (χ0) is 12.7. The number of carbonyl (C=O) groups is 2. The second kappa shape index (κ2) is 6.93. The minimum Gasteiger partial charge on any atom is -0.346 e. The zero-order valence-corrected chi connectivity index (χ0v) is 10.0. The molecule has 0 aliphatic carbocycles. The molecular formula is C13H16O4. The molecule has 0 amide bonds. The van der Waals surface area contributed by atoms with Crippen LogP contribution < -0.4 is 0 Å². The summed E-state index contributed by atoms with van der Waals surface area (Å²) in [6, 6.07) is 8.38. The number of ether oxygens (including phenoxy) is 2. The van der Waals surface area contributed by atoms with Gasteiger partial charge >= 0.3 is 0 Å². The van der Waals surface area contributed by atoms with Gasteiger partial charge in [-0.05, 0) is 13.8 Å². The molecule has 4 nitrogen and oxygen atoms in total. The van der Waals surface area contributed by atoms with Gasteiger partial charge in [-0.15, -0.1) is 0 Å². The lowest BCUT2D eigenvalue weighted by Crippen LogP contribution is -2.33. The van der Waals surface area contributed by atoms with Crippen molar-refractivity contribution in [1.82, 2.24) is 0 Å². The highest BCUT2D eigenvalue weighted by molar-refractivity contribution is 6.44. The van der Waals surface area contributed by atoms with Gasteiger partial charge in [0.05, 0.1) is 0 Å². The van der Waals surface area contributed by atoms with E-state index >= 15 is 0 Å². The molecular weight excluding hydrogens is 220 g/mol. The standard InChI is InChI=1S/C13H16O4/c1-3-16-13(17-4-2)12(15)11(14)10-8-6-5-7-9-10/h5-9,13H,3-4H2,1-2H3. The van der Waals surface area contributed by atoms with E-state index in [1.807, 2.05) is 0 Å². The minimum absolute atomic E-state index is 0.318. The predicted octanol–water partition coefficient (Wildman–Crippen LogP) is 1.84. The van der Waals surface area contributed by atoms with Crippen molar-refractivity contribution in [1.29, 1.82) is 0 Å². The van der Waals surface area contributed by atoms with Gasteiger partial charge in [0.25, 0.3) is 5.78 Å². The summed E-state index contributed by atoms with van der Waals surface area (Å²) in [6.07, 6.45) is -1.10. The van der Waals surface area contributed by atoms with Crippen LogP contribution in [0.25, 0.3) is 0 Å². The summed E-state index contributed by atoms with van der Waals surface area (Å²) in [4.78, 5) is 23.7. The van der Waals surface area contributed by atoms with Gasteiger partial charge in [-0.2, -0.15) is 0 Å². The molecule has 1 aromatic carbocycles. The largest absolute Gasteiger partial charge is 0.346 e. The third-order valence-electron chi connectivity index (χ3n) is 2.11. The molecule has 4 heteroatoms. The van der Waals surface area contributed by atoms with E-state index in [-0.39, 0.29) is 0 Å². The molecule has 0 N–H and O–H groups in total. The number of hydrogen-bond acceptors (Lipinski definition) is 4. The third kappa shape index (κ3) is 3.76. The molecule has 0 radical (unpaired) electrons. The third-order valence-corrected chi connectivity index (χ3v) is 2.11. The van der Waals surface area contributed by atoms with Gasteiger partial charge < -0.3 is 9.47 Å². The highest BCUT2D eigenvalue weighted by Gasteiger charge is 2.26. The second-order valence-corrected chi connectivity index (χ2v) is 3.30. The average Bonchev–Trinajstić information content (AvgIpc) is 2.38. The van der Waals surface area contributed by atoms with E-state index < -0.39 is 17.9 Å². The average molecular weight is 236 g/mol. The van der Waals surface area contributed by atoms with Crippen LogP contribution in [0.3, 0.4) is 0 Å². The van der Waals surface area contributed by atoms with Gasteiger partial charge in [-0.25, -0.2) is 0 Å². The number of benzene rings is 1. The van der Waals surface area contributed by atoms with E-state index in [0.29, 0.717) is 18.8 Å². The van der Waals surface area contributed by atoms with Crippen molar-refractivity contribution in [3.05, 3.63) is 35.9 Å². The van der Waals surface area contributed by atoms with E-state index in [1.165, 1.54) is 0 Å². The Bertz CT molecular complexity index is 366. The molecule has 0 saturated carbocycles. The molecule has 17 heavy (non-hydrogen) atoms. The Hall–Kier alpha value is -1.52. The van der Waals surface area contributed by atoms with E-state index in [4.69, 9.17) is 9.47 Å². The van der Waals surface area contributed by atoms with Crippen LogP contribution in [0.4, 0.5) is 0 Å². The molecule has 0 saturated heterocycles. The van der Waals surface area contributed by atoms with Crippen molar-refractivity contribution in [3.63, 3.8) is 0 Å². The molecule has 0 bridgehead atoms. The van der Waals surface area contributed by atoms with E-state index in [0.717, 1.165) is 0 Å². The second-order valence-electron chi connectivity index (χ2n) is 3.30. The van der Waals surface area contributed by atoms with E-state index in [2.05, 4.69) is 0 Å². The van der Waals surface area contributed by atoms with Crippen LogP contribution in [-0.4, -0.2) is 31.1 Å². The van der Waals surface area contributed by atoms with Crippen molar-refractivity contribution in [2.24, 2.45) is 0 Å². The zero-order valence-electron chi connectivity index (χ0n) is 10.0. The number of hydrogen-bond donors (Lipinski definition) is 0. The van der Waals surface area contributed by atoms with Gasteiger partial charge in [-0.1, -0.05) is 30.3 Å². The van der Waals surface area contributed by atoms with Crippen molar-refractivity contribution >= 4 is 11.6 Å². The maximum absolute atomic E-state index is 11.8. The first-order valence-corrected chi connectivity index (χ1v) is 5.57. The Morgan fingerprint density at radius 1 is 1.06 bits per heavy atom. The Kier molecular flexibility index (Phi) is 5.52. The smallest absolute Gasteiger partial charge is 0.259 e. The lowest BCUT2D eigenvalue weighted by atomic mass is 10.1. The fourth-order valence-electron chi connectivity index (χ4n) is 1.34. The van der Waals surface area contributed by atoms with Gasteiger partial charge in [0.15, 0.2) is 0 Å². The molecule has 0 atom stereocenters. The molecule has 0 spiro atoms. The molecule has 0 aromatic heterocycles. The maximum Gasteiger partial charge on any atom is 0.259 e. The first-order valence-electron chi connectivity index (χ1n) is 5.57. The van der Waals surface area contributed by atoms with Gasteiger partial charge in [0.1, 0.15) is 0 Å². The van der Waals surface area contributed by atoms with Crippen molar-refractivity contribution < 1.29 is 19.1 Å². The Morgan fingerprint density at radius 2 is 1.59 bits per heavy atom. The van der Waals surface area contributed by atoms with Crippen molar-refractivity contribution in [3.8, 4) is 0 Å². The molecule has 1 rings (SSSR count). The highest BCUT2D eigenvalue weighted by atomic mass is 16.7. The van der Waals surface area contributed by atoms with Crippen molar-refractivity contribution in [2.45, 2.75) is 20.1 Å². The Labute approximate surface area is 101 Å². The summed E-state index contributed by atoms with van der Waals surface area (Å²) in [5, 5.41) is 0. The molecule has 0 heterocycles. The van der Waals surface area contributed by atoms with Crippen LogP contribution in [0.5, 0.6) is 0 Å².